The zero-order valence-electron chi connectivity index (χ0n) is 8.39. The van der Waals surface area contributed by atoms with E-state index in [-0.39, 0.29) is 20.2 Å². The Morgan fingerprint density at radius 2 is 1.89 bits per heavy atom. The number of hydrogen-bond donors (Lipinski definition) is 1. The average molecular weight is 389 g/mol. The summed E-state index contributed by atoms with van der Waals surface area (Å²) in [6.07, 6.45) is 1.14. The molecule has 0 amide bonds. The van der Waals surface area contributed by atoms with Crippen LogP contribution in [0.5, 0.6) is 0 Å². The van der Waals surface area contributed by atoms with Crippen LogP contribution in [0.25, 0.3) is 0 Å². The lowest BCUT2D eigenvalue weighted by Gasteiger charge is -2.08. The smallest absolute Gasteiger partial charge is 0.272 e. The number of thiophene rings is 1. The van der Waals surface area contributed by atoms with Gasteiger partial charge in [0, 0.05) is 4.47 Å². The summed E-state index contributed by atoms with van der Waals surface area (Å²) in [7, 11) is -3.77. The number of rotatable bonds is 3. The second kappa shape index (κ2) is 5.30. The van der Waals surface area contributed by atoms with Gasteiger partial charge in [-0.15, -0.1) is 11.3 Å². The Kier molecular flexibility index (Phi) is 4.12. The van der Waals surface area contributed by atoms with Crippen LogP contribution in [0.4, 0.5) is 5.69 Å². The Labute approximate surface area is 125 Å². The van der Waals surface area contributed by atoms with E-state index < -0.39 is 10.0 Å². The first-order chi connectivity index (χ1) is 8.42. The van der Waals surface area contributed by atoms with Gasteiger partial charge in [0.25, 0.3) is 10.0 Å². The van der Waals surface area contributed by atoms with Crippen molar-refractivity contribution in [2.45, 2.75) is 4.21 Å². The molecule has 0 aliphatic rings. The van der Waals surface area contributed by atoms with Gasteiger partial charge in [0.15, 0.2) is 14.5 Å². The molecule has 0 unspecified atom stereocenters. The van der Waals surface area contributed by atoms with Crippen molar-refractivity contribution >= 4 is 66.2 Å². The zero-order valence-corrected chi connectivity index (χ0v) is 13.1. The van der Waals surface area contributed by atoms with Gasteiger partial charge in [-0.2, -0.15) is 0 Å². The molecule has 0 spiro atoms. The van der Waals surface area contributed by atoms with Crippen molar-refractivity contribution in [2.24, 2.45) is 0 Å². The number of nitrogens with one attached hydrogen (secondary N) is 1. The summed E-state index contributed by atoms with van der Waals surface area (Å²) in [5, 5.41) is 1.51. The number of hydrogen-bond acceptors (Lipinski definition) is 5. The molecule has 0 saturated carbocycles. The molecule has 0 aliphatic heterocycles. The van der Waals surface area contributed by atoms with Crippen molar-refractivity contribution in [2.75, 3.05) is 4.72 Å². The minimum absolute atomic E-state index is 0.0406. The zero-order chi connectivity index (χ0) is 13.3. The van der Waals surface area contributed by atoms with E-state index in [9.17, 15) is 8.42 Å². The third-order valence-electron chi connectivity index (χ3n) is 1.82. The second-order valence-electron chi connectivity index (χ2n) is 2.99. The van der Waals surface area contributed by atoms with Crippen molar-refractivity contribution < 1.29 is 8.42 Å². The molecule has 0 fully saturated rings. The van der Waals surface area contributed by atoms with Crippen LogP contribution in [-0.2, 0) is 10.0 Å². The molecule has 1 N–H and O–H groups in total. The van der Waals surface area contributed by atoms with Gasteiger partial charge in [-0.3, -0.25) is 4.72 Å². The van der Waals surface area contributed by atoms with Crippen LogP contribution in [0.1, 0.15) is 0 Å². The maximum atomic E-state index is 12.1. The molecule has 10 heteroatoms. The summed E-state index contributed by atoms with van der Waals surface area (Å²) in [6, 6.07) is 1.63. The van der Waals surface area contributed by atoms with Gasteiger partial charge in [-0.05, 0) is 27.4 Å². The molecule has 0 aromatic carbocycles. The molecule has 2 aromatic heterocycles. The lowest BCUT2D eigenvalue weighted by molar-refractivity contribution is 0.602. The molecular weight excluding hydrogens is 385 g/mol. The molecule has 0 atom stereocenters. The van der Waals surface area contributed by atoms with Crippen LogP contribution in [0.15, 0.2) is 26.5 Å². The van der Waals surface area contributed by atoms with E-state index in [1.54, 1.807) is 11.4 Å². The minimum Gasteiger partial charge on any atom is -0.273 e. The molecule has 96 valence electrons. The van der Waals surface area contributed by atoms with Crippen LogP contribution in [0.2, 0.25) is 10.3 Å². The molecule has 0 aliphatic carbocycles. The topological polar surface area (TPSA) is 72.0 Å². The fraction of sp³-hybridized carbons (Fsp3) is 0. The largest absolute Gasteiger partial charge is 0.273 e. The summed E-state index contributed by atoms with van der Waals surface area (Å²) in [5.41, 5.74) is -0.0406. The van der Waals surface area contributed by atoms with Crippen LogP contribution < -0.4 is 4.72 Å². The molecule has 5 nitrogen and oxygen atoms in total. The Bertz CT molecular complexity index is 669. The van der Waals surface area contributed by atoms with Gasteiger partial charge in [0.2, 0.25) is 0 Å². The van der Waals surface area contributed by atoms with E-state index in [4.69, 9.17) is 23.2 Å². The van der Waals surface area contributed by atoms with E-state index >= 15 is 0 Å². The van der Waals surface area contributed by atoms with Crippen LogP contribution in [0.3, 0.4) is 0 Å². The van der Waals surface area contributed by atoms with E-state index in [1.807, 2.05) is 0 Å². The second-order valence-corrected chi connectivity index (χ2v) is 7.36. The predicted molar refractivity (Wildman–Crippen MR) is 74.9 cm³/mol. The fourth-order valence-electron chi connectivity index (χ4n) is 1.08. The molecule has 2 aromatic rings. The lowest BCUT2D eigenvalue weighted by Crippen LogP contribution is -2.13. The van der Waals surface area contributed by atoms with Gasteiger partial charge >= 0.3 is 0 Å². The number of aromatic nitrogens is 2. The highest BCUT2D eigenvalue weighted by Crippen LogP contribution is 2.32. The number of anilines is 1. The standard InChI is InChI=1S/C8H4BrCl2N3O2S2/c9-4-1-2-17-8(4)18(15,16)14-5-6(10)12-3-13-7(5)11/h1-3,14H. The third kappa shape index (κ3) is 2.77. The summed E-state index contributed by atoms with van der Waals surface area (Å²) >= 11 is 15.7. The van der Waals surface area contributed by atoms with Gasteiger partial charge < -0.3 is 0 Å². The van der Waals surface area contributed by atoms with E-state index in [2.05, 4.69) is 30.6 Å². The quantitative estimate of drug-likeness (QED) is 0.817. The predicted octanol–water partition coefficient (Wildman–Crippen LogP) is 3.41. The maximum absolute atomic E-state index is 12.1. The number of nitrogens with zero attached hydrogens (tertiary/aromatic N) is 2. The van der Waals surface area contributed by atoms with Crippen LogP contribution in [-0.4, -0.2) is 18.4 Å². The van der Waals surface area contributed by atoms with Crippen LogP contribution >= 0.6 is 50.5 Å². The third-order valence-corrected chi connectivity index (χ3v) is 6.41. The highest BCUT2D eigenvalue weighted by atomic mass is 79.9. The summed E-state index contributed by atoms with van der Waals surface area (Å²) in [6.45, 7) is 0. The SMILES string of the molecule is O=S(=O)(Nc1c(Cl)ncnc1Cl)c1sccc1Br. The lowest BCUT2D eigenvalue weighted by atomic mass is 10.6. The molecule has 2 heterocycles. The molecule has 0 bridgehead atoms. The van der Waals surface area contributed by atoms with Crippen molar-refractivity contribution in [3.8, 4) is 0 Å². The average Bonchev–Trinajstić information content (AvgIpc) is 2.71. The van der Waals surface area contributed by atoms with Gasteiger partial charge in [-0.1, -0.05) is 23.2 Å². The first-order valence-electron chi connectivity index (χ1n) is 4.33. The van der Waals surface area contributed by atoms with E-state index in [0.29, 0.717) is 4.47 Å². The Morgan fingerprint density at radius 3 is 2.39 bits per heavy atom. The fourth-order valence-corrected chi connectivity index (χ4v) is 5.02. The van der Waals surface area contributed by atoms with Crippen molar-refractivity contribution in [3.63, 3.8) is 0 Å². The molecule has 0 saturated heterocycles. The van der Waals surface area contributed by atoms with Gasteiger partial charge in [-0.25, -0.2) is 18.4 Å². The first-order valence-corrected chi connectivity index (χ1v) is 8.25. The highest BCUT2D eigenvalue weighted by Gasteiger charge is 2.22. The Hall–Kier alpha value is -0.410. The number of sulfonamides is 1. The van der Waals surface area contributed by atoms with Gasteiger partial charge in [0.05, 0.1) is 0 Å². The summed E-state index contributed by atoms with van der Waals surface area (Å²) in [5.74, 6) is 0. The Morgan fingerprint density at radius 1 is 1.28 bits per heavy atom. The Balaban J connectivity index is 2.44. The van der Waals surface area contributed by atoms with E-state index in [1.165, 1.54) is 0 Å². The van der Waals surface area contributed by atoms with Gasteiger partial charge in [0.1, 0.15) is 12.0 Å². The minimum atomic E-state index is -3.77. The molecule has 18 heavy (non-hydrogen) atoms. The van der Waals surface area contributed by atoms with Crippen molar-refractivity contribution in [1.82, 2.24) is 9.97 Å². The summed E-state index contributed by atoms with van der Waals surface area (Å²) in [4.78, 5) is 7.32. The normalized spacial score (nSPS) is 11.5. The molecule has 2 rings (SSSR count). The molecule has 0 radical (unpaired) electrons. The van der Waals surface area contributed by atoms with Crippen molar-refractivity contribution in [3.05, 3.63) is 32.6 Å². The van der Waals surface area contributed by atoms with Crippen molar-refractivity contribution in [1.29, 1.82) is 0 Å². The highest BCUT2D eigenvalue weighted by molar-refractivity contribution is 9.10. The summed E-state index contributed by atoms with van der Waals surface area (Å²) < 4.78 is 27.0. The maximum Gasteiger partial charge on any atom is 0.272 e. The monoisotopic (exact) mass is 387 g/mol. The first kappa shape index (κ1) is 14.0. The molecular formula is C8H4BrCl2N3O2S2. The van der Waals surface area contributed by atoms with E-state index in [0.717, 1.165) is 17.7 Å². The van der Waals surface area contributed by atoms with Crippen LogP contribution in [0, 0.1) is 0 Å². The number of halogens is 3.